The number of nitrogens with one attached hydrogen (secondary N) is 1. The summed E-state index contributed by atoms with van der Waals surface area (Å²) in [5.74, 6) is -0.808. The molecule has 26 heavy (non-hydrogen) atoms. The van der Waals surface area contributed by atoms with E-state index < -0.39 is 5.97 Å². The molecule has 2 aromatic rings. The molecule has 1 atom stereocenters. The van der Waals surface area contributed by atoms with Crippen molar-refractivity contribution in [3.05, 3.63) is 59.2 Å². The summed E-state index contributed by atoms with van der Waals surface area (Å²) in [6.07, 6.45) is 1.00. The van der Waals surface area contributed by atoms with E-state index in [-0.39, 0.29) is 23.1 Å². The molecule has 1 amide bonds. The van der Waals surface area contributed by atoms with Gasteiger partial charge in [0.1, 0.15) is 11.3 Å². The summed E-state index contributed by atoms with van der Waals surface area (Å²) in [6, 6.07) is 12.3. The van der Waals surface area contributed by atoms with Gasteiger partial charge in [0.15, 0.2) is 0 Å². The number of phenolic OH excluding ortho intramolecular Hbond substituents is 1. The van der Waals surface area contributed by atoms with Crippen LogP contribution in [0.3, 0.4) is 0 Å². The number of aromatic hydroxyl groups is 1. The van der Waals surface area contributed by atoms with Crippen LogP contribution in [-0.2, 0) is 16.0 Å². The topological polar surface area (TPSA) is 75.6 Å². The third-order valence-electron chi connectivity index (χ3n) is 4.19. The summed E-state index contributed by atoms with van der Waals surface area (Å²) >= 11 is 0. The zero-order valence-corrected chi connectivity index (χ0v) is 15.6. The highest BCUT2D eigenvalue weighted by Crippen LogP contribution is 2.24. The van der Waals surface area contributed by atoms with Crippen molar-refractivity contribution in [2.75, 3.05) is 12.4 Å². The fraction of sp³-hybridized carbons (Fsp3) is 0.333. The van der Waals surface area contributed by atoms with Gasteiger partial charge in [0.2, 0.25) is 5.91 Å². The summed E-state index contributed by atoms with van der Waals surface area (Å²) in [5, 5.41) is 12.5. The molecular weight excluding hydrogens is 330 g/mol. The van der Waals surface area contributed by atoms with Gasteiger partial charge in [-0.1, -0.05) is 38.1 Å². The molecule has 2 N–H and O–H groups in total. The molecule has 0 fully saturated rings. The van der Waals surface area contributed by atoms with Crippen LogP contribution >= 0.6 is 0 Å². The normalized spacial score (nSPS) is 11.9. The average molecular weight is 355 g/mol. The minimum atomic E-state index is -0.660. The highest BCUT2D eigenvalue weighted by molar-refractivity contribution is 5.98. The molecule has 2 rings (SSSR count). The molecule has 0 spiro atoms. The number of esters is 1. The van der Waals surface area contributed by atoms with Gasteiger partial charge in [-0.05, 0) is 48.6 Å². The second-order valence-corrected chi connectivity index (χ2v) is 6.77. The fourth-order valence-corrected chi connectivity index (χ4v) is 2.70. The minimum Gasteiger partial charge on any atom is -0.507 e. The second-order valence-electron chi connectivity index (χ2n) is 6.77. The van der Waals surface area contributed by atoms with Gasteiger partial charge in [-0.3, -0.25) is 4.79 Å². The number of rotatable bonds is 6. The number of benzene rings is 2. The Morgan fingerprint density at radius 2 is 1.73 bits per heavy atom. The van der Waals surface area contributed by atoms with Gasteiger partial charge in [-0.15, -0.1) is 0 Å². The maximum atomic E-state index is 12.5. The molecule has 5 heteroatoms. The van der Waals surface area contributed by atoms with E-state index in [9.17, 15) is 14.7 Å². The van der Waals surface area contributed by atoms with Gasteiger partial charge in [0, 0.05) is 5.69 Å². The number of hydrogen-bond acceptors (Lipinski definition) is 4. The van der Waals surface area contributed by atoms with Crippen LogP contribution in [0.4, 0.5) is 5.69 Å². The SMILES string of the molecule is COC(=O)c1cc(NC(=O)[C@H](C)c2ccc(CC(C)C)cc2)ccc1O. The van der Waals surface area contributed by atoms with Gasteiger partial charge in [0.25, 0.3) is 0 Å². The van der Waals surface area contributed by atoms with Crippen molar-refractivity contribution in [3.63, 3.8) is 0 Å². The largest absolute Gasteiger partial charge is 0.507 e. The number of carbonyl (C=O) groups excluding carboxylic acids is 2. The first kappa shape index (κ1) is 19.5. The van der Waals surface area contributed by atoms with Crippen molar-refractivity contribution in [3.8, 4) is 5.75 Å². The number of anilines is 1. The molecule has 0 heterocycles. The predicted molar refractivity (Wildman–Crippen MR) is 101 cm³/mol. The fourth-order valence-electron chi connectivity index (χ4n) is 2.70. The van der Waals surface area contributed by atoms with E-state index in [1.54, 1.807) is 0 Å². The van der Waals surface area contributed by atoms with Crippen LogP contribution in [-0.4, -0.2) is 24.1 Å². The molecule has 5 nitrogen and oxygen atoms in total. The van der Waals surface area contributed by atoms with E-state index in [1.165, 1.54) is 30.9 Å². The van der Waals surface area contributed by atoms with Crippen LogP contribution in [0.25, 0.3) is 0 Å². The van der Waals surface area contributed by atoms with E-state index in [0.29, 0.717) is 11.6 Å². The standard InChI is InChI=1S/C21H25NO4/c1-13(2)11-15-5-7-16(8-6-15)14(3)20(24)22-17-9-10-19(23)18(12-17)21(25)26-4/h5-10,12-14,23H,11H2,1-4H3,(H,22,24)/t14-/m1/s1. The first-order valence-corrected chi connectivity index (χ1v) is 8.62. The summed E-state index contributed by atoms with van der Waals surface area (Å²) < 4.78 is 4.62. The number of phenols is 1. The molecule has 2 aromatic carbocycles. The smallest absolute Gasteiger partial charge is 0.341 e. The summed E-state index contributed by atoms with van der Waals surface area (Å²) in [4.78, 5) is 24.2. The highest BCUT2D eigenvalue weighted by atomic mass is 16.5. The van der Waals surface area contributed by atoms with Crippen LogP contribution in [0.15, 0.2) is 42.5 Å². The molecule has 0 unspecified atom stereocenters. The molecule has 0 aliphatic carbocycles. The molecule has 0 aromatic heterocycles. The first-order chi connectivity index (χ1) is 12.3. The van der Waals surface area contributed by atoms with E-state index in [1.807, 2.05) is 19.1 Å². The van der Waals surface area contributed by atoms with E-state index in [4.69, 9.17) is 0 Å². The lowest BCUT2D eigenvalue weighted by Gasteiger charge is -2.14. The van der Waals surface area contributed by atoms with Gasteiger partial charge >= 0.3 is 5.97 Å². The van der Waals surface area contributed by atoms with Gasteiger partial charge in [-0.25, -0.2) is 4.79 Å². The Kier molecular flexibility index (Phi) is 6.39. The zero-order chi connectivity index (χ0) is 19.3. The van der Waals surface area contributed by atoms with Crippen molar-refractivity contribution in [2.45, 2.75) is 33.1 Å². The van der Waals surface area contributed by atoms with Gasteiger partial charge in [-0.2, -0.15) is 0 Å². The van der Waals surface area contributed by atoms with Crippen LogP contribution in [0, 0.1) is 5.92 Å². The first-order valence-electron chi connectivity index (χ1n) is 8.62. The Labute approximate surface area is 154 Å². The predicted octanol–water partition coefficient (Wildman–Crippen LogP) is 4.12. The van der Waals surface area contributed by atoms with Gasteiger partial charge < -0.3 is 15.2 Å². The van der Waals surface area contributed by atoms with Crippen LogP contribution in [0.1, 0.15) is 48.2 Å². The summed E-state index contributed by atoms with van der Waals surface area (Å²) in [6.45, 7) is 6.17. The number of ether oxygens (including phenoxy) is 1. The maximum Gasteiger partial charge on any atom is 0.341 e. The molecule has 0 saturated heterocycles. The summed E-state index contributed by atoms with van der Waals surface area (Å²) in [5.41, 5.74) is 2.60. The van der Waals surface area contributed by atoms with E-state index in [0.717, 1.165) is 12.0 Å². The third kappa shape index (κ3) is 4.85. The molecule has 0 saturated carbocycles. The molecule has 0 radical (unpaired) electrons. The van der Waals surface area contributed by atoms with Crippen LogP contribution < -0.4 is 5.32 Å². The van der Waals surface area contributed by atoms with Gasteiger partial charge in [0.05, 0.1) is 13.0 Å². The van der Waals surface area contributed by atoms with Crippen molar-refractivity contribution in [1.29, 1.82) is 0 Å². The lowest BCUT2D eigenvalue weighted by molar-refractivity contribution is -0.117. The van der Waals surface area contributed by atoms with Crippen molar-refractivity contribution in [1.82, 2.24) is 0 Å². The van der Waals surface area contributed by atoms with Crippen LogP contribution in [0.5, 0.6) is 5.75 Å². The Balaban J connectivity index is 2.10. The Hall–Kier alpha value is -2.82. The summed E-state index contributed by atoms with van der Waals surface area (Å²) in [7, 11) is 1.23. The monoisotopic (exact) mass is 355 g/mol. The average Bonchev–Trinajstić information content (AvgIpc) is 2.62. The lowest BCUT2D eigenvalue weighted by Crippen LogP contribution is -2.19. The highest BCUT2D eigenvalue weighted by Gasteiger charge is 2.17. The quantitative estimate of drug-likeness (QED) is 0.604. The lowest BCUT2D eigenvalue weighted by atomic mass is 9.96. The Morgan fingerprint density at radius 3 is 2.31 bits per heavy atom. The van der Waals surface area contributed by atoms with Crippen molar-refractivity contribution in [2.24, 2.45) is 5.92 Å². The van der Waals surface area contributed by atoms with Crippen molar-refractivity contribution < 1.29 is 19.4 Å². The molecule has 0 aliphatic rings. The molecule has 0 bridgehead atoms. The molecule has 138 valence electrons. The van der Waals surface area contributed by atoms with E-state index >= 15 is 0 Å². The number of methoxy groups -OCH3 is 1. The van der Waals surface area contributed by atoms with Crippen molar-refractivity contribution >= 4 is 17.6 Å². The minimum absolute atomic E-state index is 0.0102. The zero-order valence-electron chi connectivity index (χ0n) is 15.6. The number of amides is 1. The Bertz CT molecular complexity index is 781. The number of hydrogen-bond donors (Lipinski definition) is 2. The number of carbonyl (C=O) groups is 2. The van der Waals surface area contributed by atoms with E-state index in [2.05, 4.69) is 36.0 Å². The van der Waals surface area contributed by atoms with Crippen LogP contribution in [0.2, 0.25) is 0 Å². The maximum absolute atomic E-state index is 12.5. The second kappa shape index (κ2) is 8.52. The third-order valence-corrected chi connectivity index (χ3v) is 4.19. The molecular formula is C21H25NO4. The Morgan fingerprint density at radius 1 is 1.08 bits per heavy atom. The molecule has 0 aliphatic heterocycles.